The molecule has 0 aliphatic carbocycles. The van der Waals surface area contributed by atoms with Gasteiger partial charge in [0.25, 0.3) is 10.0 Å². The molecule has 1 aliphatic heterocycles. The third kappa shape index (κ3) is 2.35. The number of hydrogen-bond donors (Lipinski definition) is 1. The molecule has 0 radical (unpaired) electrons. The minimum atomic E-state index is -3.79. The van der Waals surface area contributed by atoms with E-state index in [9.17, 15) is 18.0 Å². The fraction of sp³-hybridized carbons (Fsp3) is 0.333. The van der Waals surface area contributed by atoms with Crippen LogP contribution in [0.5, 0.6) is 0 Å². The van der Waals surface area contributed by atoms with Gasteiger partial charge in [0, 0.05) is 11.5 Å². The third-order valence-electron chi connectivity index (χ3n) is 2.51. The van der Waals surface area contributed by atoms with Crippen LogP contribution in [0.15, 0.2) is 20.1 Å². The fourth-order valence-electron chi connectivity index (χ4n) is 1.56. The largest absolute Gasteiger partial charge is 0.284 e. The second-order valence-electron chi connectivity index (χ2n) is 3.72. The summed E-state index contributed by atoms with van der Waals surface area (Å²) in [6, 6.07) is 0.592. The monoisotopic (exact) mass is 352 g/mol. The molecule has 1 atom stereocenters. The summed E-state index contributed by atoms with van der Waals surface area (Å²) >= 11 is 4.15. The van der Waals surface area contributed by atoms with Crippen LogP contribution >= 0.6 is 27.3 Å². The maximum atomic E-state index is 12.0. The molecule has 1 aliphatic rings. The van der Waals surface area contributed by atoms with Gasteiger partial charge in [0.2, 0.25) is 11.8 Å². The third-order valence-corrected chi connectivity index (χ3v) is 6.65. The van der Waals surface area contributed by atoms with Crippen molar-refractivity contribution in [3.63, 3.8) is 0 Å². The van der Waals surface area contributed by atoms with E-state index >= 15 is 0 Å². The highest BCUT2D eigenvalue weighted by Gasteiger charge is 2.39. The average molecular weight is 353 g/mol. The summed E-state index contributed by atoms with van der Waals surface area (Å²) in [6.07, 6.45) is -0.141. The molecule has 98 valence electrons. The number of nitrogens with one attached hydrogen (secondary N) is 1. The zero-order valence-corrected chi connectivity index (χ0v) is 12.4. The van der Waals surface area contributed by atoms with Crippen molar-refractivity contribution in [3.8, 4) is 0 Å². The number of hydrogen-bond acceptors (Lipinski definition) is 5. The molecular formula is C9H9BrN2O4S2. The first-order chi connectivity index (χ1) is 8.33. The summed E-state index contributed by atoms with van der Waals surface area (Å²) in [7, 11) is -2.46. The first kappa shape index (κ1) is 13.7. The molecule has 0 saturated carbocycles. The van der Waals surface area contributed by atoms with Crippen LogP contribution in [-0.2, 0) is 19.6 Å². The van der Waals surface area contributed by atoms with Crippen molar-refractivity contribution < 1.29 is 18.0 Å². The van der Waals surface area contributed by atoms with E-state index in [-0.39, 0.29) is 10.6 Å². The van der Waals surface area contributed by atoms with Crippen molar-refractivity contribution in [3.05, 3.63) is 15.9 Å². The lowest BCUT2D eigenvalue weighted by molar-refractivity contribution is -0.137. The zero-order chi connectivity index (χ0) is 13.5. The van der Waals surface area contributed by atoms with Gasteiger partial charge in [-0.1, -0.05) is 0 Å². The molecule has 1 saturated heterocycles. The van der Waals surface area contributed by atoms with Gasteiger partial charge in [0.1, 0.15) is 10.3 Å². The van der Waals surface area contributed by atoms with E-state index in [1.54, 1.807) is 11.4 Å². The lowest BCUT2D eigenvalue weighted by atomic mass is 10.3. The van der Waals surface area contributed by atoms with Gasteiger partial charge in [-0.15, -0.1) is 11.3 Å². The average Bonchev–Trinajstić information content (AvgIpc) is 2.80. The van der Waals surface area contributed by atoms with Gasteiger partial charge in [0.15, 0.2) is 0 Å². The first-order valence-electron chi connectivity index (χ1n) is 4.88. The minimum absolute atomic E-state index is 0.0947. The minimum Gasteiger partial charge on any atom is -0.284 e. The zero-order valence-electron chi connectivity index (χ0n) is 9.21. The Morgan fingerprint density at radius 1 is 1.50 bits per heavy atom. The van der Waals surface area contributed by atoms with Crippen molar-refractivity contribution in [1.29, 1.82) is 0 Å². The number of likely N-dealkylation sites (tertiary alicyclic amines) is 1. The van der Waals surface area contributed by atoms with Crippen LogP contribution in [0, 0.1) is 0 Å². The van der Waals surface area contributed by atoms with Gasteiger partial charge in [-0.2, -0.15) is 4.72 Å². The molecule has 0 aromatic carbocycles. The number of likely N-dealkylation sites (N-methyl/N-ethyl adjacent to an activating group) is 1. The normalized spacial score (nSPS) is 20.8. The second kappa shape index (κ2) is 4.72. The Balaban J connectivity index is 2.23. The molecule has 18 heavy (non-hydrogen) atoms. The first-order valence-corrected chi connectivity index (χ1v) is 8.04. The number of carbonyl (C=O) groups is 2. The van der Waals surface area contributed by atoms with Gasteiger partial charge in [-0.3, -0.25) is 14.5 Å². The van der Waals surface area contributed by atoms with Crippen LogP contribution in [0.4, 0.5) is 0 Å². The molecule has 9 heteroatoms. The lowest BCUT2D eigenvalue weighted by Crippen LogP contribution is -2.40. The van der Waals surface area contributed by atoms with Gasteiger partial charge >= 0.3 is 0 Å². The molecule has 1 aromatic heterocycles. The summed E-state index contributed by atoms with van der Waals surface area (Å²) in [4.78, 5) is 23.8. The summed E-state index contributed by atoms with van der Waals surface area (Å²) in [5.41, 5.74) is 0. The number of thiophene rings is 1. The van der Waals surface area contributed by atoms with Crippen LogP contribution in [0.2, 0.25) is 0 Å². The van der Waals surface area contributed by atoms with Gasteiger partial charge in [0.05, 0.1) is 6.42 Å². The van der Waals surface area contributed by atoms with Crippen molar-refractivity contribution >= 4 is 49.1 Å². The Morgan fingerprint density at radius 3 is 2.61 bits per heavy atom. The molecule has 2 heterocycles. The van der Waals surface area contributed by atoms with Crippen LogP contribution < -0.4 is 4.72 Å². The second-order valence-corrected chi connectivity index (χ2v) is 7.40. The molecule has 2 amide bonds. The highest BCUT2D eigenvalue weighted by molar-refractivity contribution is 9.10. The van der Waals surface area contributed by atoms with Gasteiger partial charge in [-0.05, 0) is 27.4 Å². The van der Waals surface area contributed by atoms with Crippen LogP contribution in [-0.4, -0.2) is 38.2 Å². The molecule has 1 aromatic rings. The number of carbonyl (C=O) groups excluding carboxylic acids is 2. The maximum Gasteiger partial charge on any atom is 0.251 e. The quantitative estimate of drug-likeness (QED) is 0.805. The SMILES string of the molecule is CN1C(=O)CC(NS(=O)(=O)c2sccc2Br)C1=O. The molecule has 1 fully saturated rings. The van der Waals surface area contributed by atoms with Gasteiger partial charge in [-0.25, -0.2) is 8.42 Å². The van der Waals surface area contributed by atoms with E-state index < -0.39 is 27.9 Å². The summed E-state index contributed by atoms with van der Waals surface area (Å²) in [5.74, 6) is -0.922. The Morgan fingerprint density at radius 2 is 2.17 bits per heavy atom. The van der Waals surface area contributed by atoms with Crippen LogP contribution in [0.3, 0.4) is 0 Å². The van der Waals surface area contributed by atoms with Crippen molar-refractivity contribution in [2.45, 2.75) is 16.7 Å². The van der Waals surface area contributed by atoms with Crippen molar-refractivity contribution in [2.75, 3.05) is 7.05 Å². The number of nitrogens with zero attached hydrogens (tertiary/aromatic N) is 1. The highest BCUT2D eigenvalue weighted by Crippen LogP contribution is 2.28. The smallest absolute Gasteiger partial charge is 0.251 e. The van der Waals surface area contributed by atoms with E-state index in [2.05, 4.69) is 20.7 Å². The summed E-state index contributed by atoms with van der Waals surface area (Å²) in [6.45, 7) is 0. The summed E-state index contributed by atoms with van der Waals surface area (Å²) in [5, 5.41) is 1.62. The van der Waals surface area contributed by atoms with E-state index in [1.807, 2.05) is 0 Å². The highest BCUT2D eigenvalue weighted by atomic mass is 79.9. The summed E-state index contributed by atoms with van der Waals surface area (Å²) < 4.78 is 26.8. The Hall–Kier alpha value is -0.770. The Kier molecular flexibility index (Phi) is 3.58. The molecule has 6 nitrogen and oxygen atoms in total. The molecule has 1 N–H and O–H groups in total. The van der Waals surface area contributed by atoms with Crippen LogP contribution in [0.25, 0.3) is 0 Å². The maximum absolute atomic E-state index is 12.0. The molecular weight excluding hydrogens is 344 g/mol. The topological polar surface area (TPSA) is 83.6 Å². The molecule has 0 bridgehead atoms. The Labute approximate surface area is 116 Å². The number of rotatable bonds is 3. The van der Waals surface area contributed by atoms with E-state index in [1.165, 1.54) is 7.05 Å². The van der Waals surface area contributed by atoms with E-state index in [4.69, 9.17) is 0 Å². The van der Waals surface area contributed by atoms with Crippen molar-refractivity contribution in [2.24, 2.45) is 0 Å². The van der Waals surface area contributed by atoms with Gasteiger partial charge < -0.3 is 0 Å². The Bertz CT molecular complexity index is 610. The number of imide groups is 1. The van der Waals surface area contributed by atoms with Crippen molar-refractivity contribution in [1.82, 2.24) is 9.62 Å². The predicted octanol–water partition coefficient (Wildman–Crippen LogP) is 0.546. The van der Waals surface area contributed by atoms with E-state index in [0.717, 1.165) is 16.2 Å². The van der Waals surface area contributed by atoms with Crippen LogP contribution in [0.1, 0.15) is 6.42 Å². The number of sulfonamides is 1. The predicted molar refractivity (Wildman–Crippen MR) is 68.5 cm³/mol. The van der Waals surface area contributed by atoms with E-state index in [0.29, 0.717) is 4.47 Å². The number of halogens is 1. The molecule has 1 unspecified atom stereocenters. The standard InChI is InChI=1S/C9H9BrN2O4S2/c1-12-7(13)4-6(8(12)14)11-18(15,16)9-5(10)2-3-17-9/h2-3,6,11H,4H2,1H3. The lowest BCUT2D eigenvalue weighted by Gasteiger charge is -2.10. The molecule has 0 spiro atoms. The fourth-order valence-corrected chi connectivity index (χ4v) is 5.10. The number of amides is 2. The molecule has 2 rings (SSSR count).